The van der Waals surface area contributed by atoms with Crippen molar-refractivity contribution >= 4 is 15.9 Å². The Balaban J connectivity index is 2.35. The number of aromatic nitrogens is 3. The molecule has 0 unspecified atom stereocenters. The van der Waals surface area contributed by atoms with Crippen LogP contribution in [0, 0.1) is 6.92 Å². The van der Waals surface area contributed by atoms with Crippen LogP contribution in [-0.2, 0) is 16.6 Å². The lowest BCUT2D eigenvalue weighted by Gasteiger charge is -2.16. The van der Waals surface area contributed by atoms with Gasteiger partial charge in [-0.3, -0.25) is 9.89 Å². The Kier molecular flexibility index (Phi) is 4.05. The summed E-state index contributed by atoms with van der Waals surface area (Å²) < 4.78 is 26.0. The summed E-state index contributed by atoms with van der Waals surface area (Å²) in [6.45, 7) is 1.73. The van der Waals surface area contributed by atoms with Crippen LogP contribution in [0.25, 0.3) is 0 Å². The molecule has 1 amide bonds. The fraction of sp³-hybridized carbons (Fsp3) is 0.250. The second-order valence-corrected chi connectivity index (χ2v) is 6.58. The van der Waals surface area contributed by atoms with Gasteiger partial charge in [0.25, 0.3) is 0 Å². The zero-order valence-electron chi connectivity index (χ0n) is 11.6. The van der Waals surface area contributed by atoms with Gasteiger partial charge in [-0.15, -0.1) is 0 Å². The standard InChI is InChI=1S/C12H15N5O3S/c1-8-3-4-9(5-10(8)12(13)18)21(19,20)17(2)6-11-14-7-15-16-11/h3-5,7H,6H2,1-2H3,(H2,13,18)(H,14,15,16). The normalized spacial score (nSPS) is 11.8. The fourth-order valence-corrected chi connectivity index (χ4v) is 2.97. The molecular formula is C12H15N5O3S. The molecule has 0 aliphatic carbocycles. The number of nitrogens with one attached hydrogen (secondary N) is 1. The number of nitrogens with two attached hydrogens (primary N) is 1. The number of hydrogen-bond donors (Lipinski definition) is 2. The van der Waals surface area contributed by atoms with Crippen LogP contribution in [0.1, 0.15) is 21.7 Å². The number of nitrogens with zero attached hydrogens (tertiary/aromatic N) is 3. The summed E-state index contributed by atoms with van der Waals surface area (Å²) >= 11 is 0. The Bertz CT molecular complexity index is 755. The highest BCUT2D eigenvalue weighted by Gasteiger charge is 2.23. The van der Waals surface area contributed by atoms with E-state index in [0.717, 1.165) is 4.31 Å². The van der Waals surface area contributed by atoms with Crippen molar-refractivity contribution in [2.45, 2.75) is 18.4 Å². The van der Waals surface area contributed by atoms with Gasteiger partial charge < -0.3 is 5.73 Å². The van der Waals surface area contributed by atoms with Crippen molar-refractivity contribution in [1.29, 1.82) is 0 Å². The Hall–Kier alpha value is -2.26. The van der Waals surface area contributed by atoms with E-state index in [2.05, 4.69) is 15.2 Å². The van der Waals surface area contributed by atoms with Crippen molar-refractivity contribution in [1.82, 2.24) is 19.5 Å². The summed E-state index contributed by atoms with van der Waals surface area (Å²) in [5, 5.41) is 6.25. The van der Waals surface area contributed by atoms with Crippen LogP contribution in [-0.4, -0.2) is 40.9 Å². The first-order valence-corrected chi connectivity index (χ1v) is 7.47. The van der Waals surface area contributed by atoms with Gasteiger partial charge in [-0.25, -0.2) is 13.4 Å². The quantitative estimate of drug-likeness (QED) is 0.807. The van der Waals surface area contributed by atoms with Crippen molar-refractivity contribution < 1.29 is 13.2 Å². The molecule has 8 nitrogen and oxygen atoms in total. The molecule has 0 aliphatic rings. The van der Waals surface area contributed by atoms with Gasteiger partial charge in [0.05, 0.1) is 11.4 Å². The number of amides is 1. The van der Waals surface area contributed by atoms with Crippen molar-refractivity contribution in [3.8, 4) is 0 Å². The molecule has 2 aromatic rings. The maximum atomic E-state index is 12.5. The largest absolute Gasteiger partial charge is 0.366 e. The van der Waals surface area contributed by atoms with Crippen LogP contribution < -0.4 is 5.73 Å². The van der Waals surface area contributed by atoms with E-state index in [1.54, 1.807) is 13.0 Å². The van der Waals surface area contributed by atoms with Crippen molar-refractivity contribution in [2.75, 3.05) is 7.05 Å². The third kappa shape index (κ3) is 3.09. The number of carbonyl (C=O) groups excluding carboxylic acids is 1. The first-order valence-electron chi connectivity index (χ1n) is 6.03. The molecule has 2 rings (SSSR count). The summed E-state index contributed by atoms with van der Waals surface area (Å²) in [6.07, 6.45) is 1.30. The Morgan fingerprint density at radius 1 is 1.43 bits per heavy atom. The van der Waals surface area contributed by atoms with Crippen LogP contribution in [0.5, 0.6) is 0 Å². The lowest BCUT2D eigenvalue weighted by molar-refractivity contribution is 0.0999. The van der Waals surface area contributed by atoms with Gasteiger partial charge in [0.1, 0.15) is 12.2 Å². The fourth-order valence-electron chi connectivity index (χ4n) is 1.81. The zero-order valence-corrected chi connectivity index (χ0v) is 12.4. The van der Waals surface area contributed by atoms with E-state index in [1.807, 2.05) is 0 Å². The minimum Gasteiger partial charge on any atom is -0.366 e. The molecule has 3 N–H and O–H groups in total. The highest BCUT2D eigenvalue weighted by molar-refractivity contribution is 7.89. The van der Waals surface area contributed by atoms with Crippen molar-refractivity contribution in [2.24, 2.45) is 5.73 Å². The summed E-state index contributed by atoms with van der Waals surface area (Å²) in [4.78, 5) is 15.2. The highest BCUT2D eigenvalue weighted by Crippen LogP contribution is 2.19. The third-order valence-corrected chi connectivity index (χ3v) is 4.82. The number of sulfonamides is 1. The molecule has 1 aromatic heterocycles. The van der Waals surface area contributed by atoms with Crippen LogP contribution >= 0.6 is 0 Å². The molecule has 1 heterocycles. The van der Waals surface area contributed by atoms with E-state index < -0.39 is 15.9 Å². The van der Waals surface area contributed by atoms with Crippen LogP contribution in [0.3, 0.4) is 0 Å². The average molecular weight is 309 g/mol. The zero-order chi connectivity index (χ0) is 15.6. The molecular weight excluding hydrogens is 294 g/mol. The molecule has 0 saturated heterocycles. The molecule has 112 valence electrons. The van der Waals surface area contributed by atoms with Crippen molar-refractivity contribution in [3.05, 3.63) is 41.5 Å². The smallest absolute Gasteiger partial charge is 0.249 e. The number of aryl methyl sites for hydroxylation is 1. The maximum absolute atomic E-state index is 12.5. The molecule has 0 spiro atoms. The van der Waals surface area contributed by atoms with E-state index in [0.29, 0.717) is 11.4 Å². The molecule has 21 heavy (non-hydrogen) atoms. The Morgan fingerprint density at radius 2 is 2.14 bits per heavy atom. The number of primary amides is 1. The van der Waals surface area contributed by atoms with Gasteiger partial charge in [0, 0.05) is 12.6 Å². The lowest BCUT2D eigenvalue weighted by atomic mass is 10.1. The van der Waals surface area contributed by atoms with E-state index in [1.165, 1.54) is 25.5 Å². The predicted octanol–water partition coefficient (Wildman–Crippen LogP) is 0.0327. The summed E-state index contributed by atoms with van der Waals surface area (Å²) in [5.74, 6) is -0.245. The number of aromatic amines is 1. The van der Waals surface area contributed by atoms with Gasteiger partial charge in [-0.1, -0.05) is 6.07 Å². The van der Waals surface area contributed by atoms with E-state index in [4.69, 9.17) is 5.73 Å². The second-order valence-electron chi connectivity index (χ2n) is 4.53. The van der Waals surface area contributed by atoms with E-state index in [9.17, 15) is 13.2 Å². The molecule has 0 saturated carbocycles. The van der Waals surface area contributed by atoms with Gasteiger partial charge in [-0.05, 0) is 24.6 Å². The number of rotatable bonds is 5. The van der Waals surface area contributed by atoms with E-state index >= 15 is 0 Å². The SMILES string of the molecule is Cc1ccc(S(=O)(=O)N(C)Cc2ncn[nH]2)cc1C(N)=O. The number of H-pyrrole nitrogens is 1. The summed E-state index contributed by atoms with van der Waals surface area (Å²) in [7, 11) is -2.33. The topological polar surface area (TPSA) is 122 Å². The first-order chi connectivity index (χ1) is 9.82. The predicted molar refractivity (Wildman–Crippen MR) is 74.7 cm³/mol. The van der Waals surface area contributed by atoms with Crippen LogP contribution in [0.4, 0.5) is 0 Å². The monoisotopic (exact) mass is 309 g/mol. The third-order valence-electron chi connectivity index (χ3n) is 3.02. The molecule has 0 bridgehead atoms. The van der Waals surface area contributed by atoms with E-state index in [-0.39, 0.29) is 17.0 Å². The molecule has 0 aliphatic heterocycles. The molecule has 9 heteroatoms. The van der Waals surface area contributed by atoms with Gasteiger partial charge in [-0.2, -0.15) is 9.40 Å². The van der Waals surface area contributed by atoms with Gasteiger partial charge in [0.2, 0.25) is 15.9 Å². The van der Waals surface area contributed by atoms with Crippen LogP contribution in [0.2, 0.25) is 0 Å². The Morgan fingerprint density at radius 3 is 2.71 bits per heavy atom. The van der Waals surface area contributed by atoms with Crippen molar-refractivity contribution in [3.63, 3.8) is 0 Å². The van der Waals surface area contributed by atoms with Gasteiger partial charge in [0.15, 0.2) is 0 Å². The molecule has 0 atom stereocenters. The van der Waals surface area contributed by atoms with Crippen LogP contribution in [0.15, 0.2) is 29.4 Å². The maximum Gasteiger partial charge on any atom is 0.249 e. The Labute approximate surface area is 122 Å². The van der Waals surface area contributed by atoms with Gasteiger partial charge >= 0.3 is 0 Å². The molecule has 0 fully saturated rings. The number of carbonyl (C=O) groups is 1. The molecule has 1 aromatic carbocycles. The number of hydrogen-bond acceptors (Lipinski definition) is 5. The minimum atomic E-state index is -3.75. The highest BCUT2D eigenvalue weighted by atomic mass is 32.2. The minimum absolute atomic E-state index is 0.00363. The first kappa shape index (κ1) is 15.1. The lowest BCUT2D eigenvalue weighted by Crippen LogP contribution is -2.27. The average Bonchev–Trinajstić information content (AvgIpc) is 2.91. The number of benzene rings is 1. The second kappa shape index (κ2) is 5.62. The summed E-state index contributed by atoms with van der Waals surface area (Å²) in [5.41, 5.74) is 6.05. The molecule has 0 radical (unpaired) electrons. The summed E-state index contributed by atoms with van der Waals surface area (Å²) in [6, 6.07) is 4.27.